The van der Waals surface area contributed by atoms with Crippen LogP contribution in [0.1, 0.15) is 28.2 Å². The zero-order chi connectivity index (χ0) is 23.0. The zero-order valence-electron chi connectivity index (χ0n) is 18.2. The van der Waals surface area contributed by atoms with Crippen molar-refractivity contribution in [1.82, 2.24) is 0 Å². The predicted octanol–water partition coefficient (Wildman–Crippen LogP) is 6.26. The molecule has 0 saturated carbocycles. The highest BCUT2D eigenvalue weighted by atomic mass is 79.9. The molecule has 8 rings (SSSR count). The number of anilines is 1. The number of para-hydroxylation sites is 1. The molecule has 0 radical (unpaired) electrons. The van der Waals surface area contributed by atoms with E-state index in [1.807, 2.05) is 78.9 Å². The lowest BCUT2D eigenvalue weighted by Crippen LogP contribution is -2.50. The van der Waals surface area contributed by atoms with Crippen molar-refractivity contribution < 1.29 is 9.59 Å². The van der Waals surface area contributed by atoms with E-state index < -0.39 is 16.2 Å². The fraction of sp³-hybridized carbons (Fsp3) is 0.133. The van der Waals surface area contributed by atoms with E-state index in [0.717, 1.165) is 33.4 Å². The SMILES string of the molecule is O=C1[C@H]2C3c4ccccc4C(Br)(c4ccccc43)[C@H]2C(=O)N1c1ccccc1-c1ccccc1. The van der Waals surface area contributed by atoms with Crippen molar-refractivity contribution in [2.24, 2.45) is 11.8 Å². The minimum atomic E-state index is -0.733. The summed E-state index contributed by atoms with van der Waals surface area (Å²) in [5.74, 6) is -1.33. The van der Waals surface area contributed by atoms with Crippen LogP contribution in [-0.4, -0.2) is 11.8 Å². The summed E-state index contributed by atoms with van der Waals surface area (Å²) in [7, 11) is 0. The molecule has 4 aromatic rings. The van der Waals surface area contributed by atoms with E-state index in [1.54, 1.807) is 0 Å². The molecule has 2 amide bonds. The maximum absolute atomic E-state index is 14.2. The second kappa shape index (κ2) is 7.00. The maximum Gasteiger partial charge on any atom is 0.239 e. The Hall–Kier alpha value is -3.50. The van der Waals surface area contributed by atoms with Gasteiger partial charge in [0.1, 0.15) is 0 Å². The molecular weight excluding hydrogens is 486 g/mol. The smallest absolute Gasteiger partial charge is 0.239 e. The van der Waals surface area contributed by atoms with Crippen LogP contribution in [0.3, 0.4) is 0 Å². The van der Waals surface area contributed by atoms with Gasteiger partial charge in [0.2, 0.25) is 11.8 Å². The highest BCUT2D eigenvalue weighted by Gasteiger charge is 2.67. The highest BCUT2D eigenvalue weighted by Crippen LogP contribution is 2.66. The molecule has 0 N–H and O–H groups in total. The largest absolute Gasteiger partial charge is 0.274 e. The van der Waals surface area contributed by atoms with Crippen LogP contribution in [0.15, 0.2) is 103 Å². The number of rotatable bonds is 2. The summed E-state index contributed by atoms with van der Waals surface area (Å²) in [5, 5.41) is 0. The number of carbonyl (C=O) groups excluding carboxylic acids is 2. The summed E-state index contributed by atoms with van der Waals surface area (Å²) in [6, 6.07) is 34.2. The quantitative estimate of drug-likeness (QED) is 0.238. The zero-order valence-corrected chi connectivity index (χ0v) is 19.8. The minimum absolute atomic E-state index is 0.115. The molecule has 2 atom stereocenters. The Kier molecular flexibility index (Phi) is 4.10. The van der Waals surface area contributed by atoms with Crippen LogP contribution in [0.5, 0.6) is 0 Å². The minimum Gasteiger partial charge on any atom is -0.274 e. The number of alkyl halides is 1. The Balaban J connectivity index is 1.46. The van der Waals surface area contributed by atoms with Crippen molar-refractivity contribution in [2.75, 3.05) is 4.90 Å². The summed E-state index contributed by atoms with van der Waals surface area (Å²) in [4.78, 5) is 29.9. The topological polar surface area (TPSA) is 37.4 Å². The Morgan fingerprint density at radius 1 is 0.647 bits per heavy atom. The molecule has 4 heteroatoms. The van der Waals surface area contributed by atoms with Crippen LogP contribution in [-0.2, 0) is 13.9 Å². The van der Waals surface area contributed by atoms with Crippen LogP contribution in [0, 0.1) is 11.8 Å². The lowest BCUT2D eigenvalue weighted by molar-refractivity contribution is -0.122. The third-order valence-corrected chi connectivity index (χ3v) is 9.09. The van der Waals surface area contributed by atoms with E-state index in [-0.39, 0.29) is 17.7 Å². The second-order valence-electron chi connectivity index (χ2n) is 9.26. The summed E-state index contributed by atoms with van der Waals surface area (Å²) in [5.41, 5.74) is 6.99. The van der Waals surface area contributed by atoms with E-state index >= 15 is 0 Å². The van der Waals surface area contributed by atoms with Gasteiger partial charge in [-0.15, -0.1) is 0 Å². The number of carbonyl (C=O) groups is 2. The molecule has 3 nitrogen and oxygen atoms in total. The van der Waals surface area contributed by atoms with Gasteiger partial charge in [-0.25, -0.2) is 4.90 Å². The van der Waals surface area contributed by atoms with Gasteiger partial charge < -0.3 is 0 Å². The van der Waals surface area contributed by atoms with E-state index in [9.17, 15) is 9.59 Å². The van der Waals surface area contributed by atoms with Gasteiger partial charge >= 0.3 is 0 Å². The molecule has 0 unspecified atom stereocenters. The van der Waals surface area contributed by atoms with Crippen LogP contribution < -0.4 is 4.90 Å². The van der Waals surface area contributed by atoms with Gasteiger partial charge in [-0.2, -0.15) is 0 Å². The molecule has 1 fully saturated rings. The third kappa shape index (κ3) is 2.36. The number of hydrogen-bond acceptors (Lipinski definition) is 2. The van der Waals surface area contributed by atoms with E-state index in [4.69, 9.17) is 0 Å². The number of halogens is 1. The number of hydrogen-bond donors (Lipinski definition) is 0. The number of amides is 2. The van der Waals surface area contributed by atoms with Crippen molar-refractivity contribution in [1.29, 1.82) is 0 Å². The van der Waals surface area contributed by atoms with Crippen molar-refractivity contribution in [3.63, 3.8) is 0 Å². The molecule has 1 aliphatic heterocycles. The van der Waals surface area contributed by atoms with Gasteiger partial charge in [0.05, 0.1) is 21.8 Å². The molecule has 164 valence electrons. The van der Waals surface area contributed by atoms with Crippen LogP contribution >= 0.6 is 15.9 Å². The molecule has 34 heavy (non-hydrogen) atoms. The number of imide groups is 1. The normalized spacial score (nSPS) is 26.3. The first-order chi connectivity index (χ1) is 16.6. The average Bonchev–Trinajstić information content (AvgIpc) is 3.16. The van der Waals surface area contributed by atoms with Gasteiger partial charge in [0, 0.05) is 11.5 Å². The van der Waals surface area contributed by atoms with Gasteiger partial charge in [-0.3, -0.25) is 9.59 Å². The van der Waals surface area contributed by atoms with Gasteiger partial charge in [-0.05, 0) is 33.9 Å². The van der Waals surface area contributed by atoms with Crippen molar-refractivity contribution in [3.8, 4) is 11.1 Å². The molecule has 2 bridgehead atoms. The lowest BCUT2D eigenvalue weighted by atomic mass is 9.55. The second-order valence-corrected chi connectivity index (χ2v) is 10.5. The van der Waals surface area contributed by atoms with E-state index in [1.165, 1.54) is 4.90 Å². The standard InChI is InChI=1S/C30H20BrNO2/c31-30-22-15-7-4-13-20(22)25(21-14-5-8-16-23(21)30)26-27(30)29(34)32(28(26)33)24-17-9-6-12-19(24)18-10-2-1-3-11-18/h1-17,25-27H/t25?,26-,27+,30?/m0/s1. The monoisotopic (exact) mass is 505 g/mol. The van der Waals surface area contributed by atoms with Gasteiger partial charge in [0.15, 0.2) is 0 Å². The van der Waals surface area contributed by atoms with E-state index in [2.05, 4.69) is 40.2 Å². The molecule has 1 heterocycles. The summed E-state index contributed by atoms with van der Waals surface area (Å²) >= 11 is 4.07. The van der Waals surface area contributed by atoms with Crippen molar-refractivity contribution >= 4 is 33.4 Å². The van der Waals surface area contributed by atoms with E-state index in [0.29, 0.717) is 5.69 Å². The maximum atomic E-state index is 14.2. The summed E-state index contributed by atoms with van der Waals surface area (Å²) < 4.78 is -0.733. The molecule has 0 spiro atoms. The molecule has 3 aliphatic carbocycles. The van der Waals surface area contributed by atoms with Crippen molar-refractivity contribution in [2.45, 2.75) is 10.2 Å². The van der Waals surface area contributed by atoms with Gasteiger partial charge in [-0.1, -0.05) is 113 Å². The summed E-state index contributed by atoms with van der Waals surface area (Å²) in [6.45, 7) is 0. The van der Waals surface area contributed by atoms with Crippen molar-refractivity contribution in [3.05, 3.63) is 125 Å². The summed E-state index contributed by atoms with van der Waals surface area (Å²) in [6.07, 6.45) is 0. The molecule has 1 saturated heterocycles. The molecule has 4 aliphatic rings. The van der Waals surface area contributed by atoms with Crippen LogP contribution in [0.2, 0.25) is 0 Å². The number of benzene rings is 4. The number of nitrogens with zero attached hydrogens (tertiary/aromatic N) is 1. The highest BCUT2D eigenvalue weighted by molar-refractivity contribution is 9.09. The molecule has 0 aromatic heterocycles. The third-order valence-electron chi connectivity index (χ3n) is 7.74. The van der Waals surface area contributed by atoms with Crippen LogP contribution in [0.4, 0.5) is 5.69 Å². The lowest BCUT2D eigenvalue weighted by Gasteiger charge is -2.51. The first kappa shape index (κ1) is 19.9. The first-order valence-corrected chi connectivity index (χ1v) is 12.3. The fourth-order valence-electron chi connectivity index (χ4n) is 6.45. The van der Waals surface area contributed by atoms with Crippen LogP contribution in [0.25, 0.3) is 11.1 Å². The average molecular weight is 506 g/mol. The van der Waals surface area contributed by atoms with Gasteiger partial charge in [0.25, 0.3) is 0 Å². The molecule has 4 aromatic carbocycles. The molecular formula is C30H20BrNO2. The Morgan fingerprint density at radius 2 is 1.21 bits per heavy atom. The first-order valence-electron chi connectivity index (χ1n) is 11.5. The Morgan fingerprint density at radius 3 is 1.88 bits per heavy atom. The Labute approximate surface area is 206 Å². The Bertz CT molecular complexity index is 1450. The predicted molar refractivity (Wildman–Crippen MR) is 136 cm³/mol. The fourth-order valence-corrected chi connectivity index (χ4v) is 7.65.